The molecular weight excluding hydrogens is 268 g/mol. The minimum Gasteiger partial charge on any atom is -0.386 e. The monoisotopic (exact) mass is 282 g/mol. The second-order valence-electron chi connectivity index (χ2n) is 3.82. The Morgan fingerprint density at radius 3 is 2.53 bits per heavy atom. The minimum atomic E-state index is -4.79. The smallest absolute Gasteiger partial charge is 0.386 e. The van der Waals surface area contributed by atoms with Crippen molar-refractivity contribution in [2.45, 2.75) is 12.3 Å². The molecular formula is C12H14F4O3. The number of alkyl halides is 3. The van der Waals surface area contributed by atoms with Gasteiger partial charge in [0.1, 0.15) is 11.9 Å². The fourth-order valence-corrected chi connectivity index (χ4v) is 1.40. The predicted octanol–water partition coefficient (Wildman–Crippen LogP) is 2.54. The quantitative estimate of drug-likeness (QED) is 0.643. The van der Waals surface area contributed by atoms with Crippen LogP contribution in [0.1, 0.15) is 17.2 Å². The van der Waals surface area contributed by atoms with E-state index in [4.69, 9.17) is 9.47 Å². The van der Waals surface area contributed by atoms with E-state index in [1.165, 1.54) is 7.11 Å². The average molecular weight is 282 g/mol. The summed E-state index contributed by atoms with van der Waals surface area (Å²) in [6.45, 7) is 0.330. The zero-order valence-corrected chi connectivity index (χ0v) is 10.2. The molecule has 19 heavy (non-hydrogen) atoms. The van der Waals surface area contributed by atoms with E-state index in [1.807, 2.05) is 0 Å². The van der Waals surface area contributed by atoms with Crippen molar-refractivity contribution in [2.75, 3.05) is 26.9 Å². The maximum Gasteiger partial charge on any atom is 0.419 e. The van der Waals surface area contributed by atoms with Gasteiger partial charge in [0.25, 0.3) is 0 Å². The Labute approximate surface area is 107 Å². The number of hydrogen-bond acceptors (Lipinski definition) is 3. The average Bonchev–Trinajstić information content (AvgIpc) is 2.33. The van der Waals surface area contributed by atoms with Gasteiger partial charge in [0, 0.05) is 7.11 Å². The molecule has 0 aliphatic rings. The molecule has 0 aliphatic heterocycles. The van der Waals surface area contributed by atoms with E-state index in [1.54, 1.807) is 0 Å². The van der Waals surface area contributed by atoms with Crippen LogP contribution in [0.5, 0.6) is 0 Å². The van der Waals surface area contributed by atoms with Crippen LogP contribution in [0.3, 0.4) is 0 Å². The lowest BCUT2D eigenvalue weighted by atomic mass is 10.1. The predicted molar refractivity (Wildman–Crippen MR) is 59.1 cm³/mol. The van der Waals surface area contributed by atoms with Gasteiger partial charge in [-0.15, -0.1) is 0 Å². The highest BCUT2D eigenvalue weighted by Crippen LogP contribution is 2.33. The van der Waals surface area contributed by atoms with E-state index in [-0.39, 0.29) is 18.8 Å². The third-order valence-electron chi connectivity index (χ3n) is 2.39. The van der Waals surface area contributed by atoms with Crippen LogP contribution in [0.15, 0.2) is 18.2 Å². The highest BCUT2D eigenvalue weighted by atomic mass is 19.4. The topological polar surface area (TPSA) is 38.7 Å². The maximum atomic E-state index is 13.0. The number of ether oxygens (including phenoxy) is 2. The molecule has 1 atom stereocenters. The number of aliphatic hydroxyl groups excluding tert-OH is 1. The van der Waals surface area contributed by atoms with Gasteiger partial charge in [-0.1, -0.05) is 6.07 Å². The number of halogens is 4. The molecule has 1 aromatic carbocycles. The van der Waals surface area contributed by atoms with Crippen LogP contribution in [0.4, 0.5) is 17.6 Å². The third-order valence-corrected chi connectivity index (χ3v) is 2.39. The second kappa shape index (κ2) is 6.83. The molecule has 0 amide bonds. The molecule has 108 valence electrons. The van der Waals surface area contributed by atoms with E-state index in [2.05, 4.69) is 0 Å². The first kappa shape index (κ1) is 15.9. The summed E-state index contributed by atoms with van der Waals surface area (Å²) < 4.78 is 60.2. The van der Waals surface area contributed by atoms with E-state index >= 15 is 0 Å². The lowest BCUT2D eigenvalue weighted by Gasteiger charge is -2.14. The van der Waals surface area contributed by atoms with Gasteiger partial charge >= 0.3 is 6.18 Å². The number of benzene rings is 1. The van der Waals surface area contributed by atoms with Crippen LogP contribution in [0, 0.1) is 5.82 Å². The fourth-order valence-electron chi connectivity index (χ4n) is 1.40. The van der Waals surface area contributed by atoms with Gasteiger partial charge in [0.2, 0.25) is 0 Å². The first-order valence-corrected chi connectivity index (χ1v) is 5.47. The van der Waals surface area contributed by atoms with Gasteiger partial charge in [0.05, 0.1) is 25.4 Å². The van der Waals surface area contributed by atoms with Crippen LogP contribution >= 0.6 is 0 Å². The number of methoxy groups -OCH3 is 1. The van der Waals surface area contributed by atoms with Crippen molar-refractivity contribution in [3.8, 4) is 0 Å². The van der Waals surface area contributed by atoms with Gasteiger partial charge in [-0.25, -0.2) is 4.39 Å². The maximum absolute atomic E-state index is 13.0. The molecule has 0 fully saturated rings. The lowest BCUT2D eigenvalue weighted by Crippen LogP contribution is -2.13. The van der Waals surface area contributed by atoms with E-state index in [0.717, 1.165) is 6.07 Å². The molecule has 1 N–H and O–H groups in total. The van der Waals surface area contributed by atoms with Crippen LogP contribution in [0.25, 0.3) is 0 Å². The van der Waals surface area contributed by atoms with Gasteiger partial charge in [-0.05, 0) is 17.7 Å². The SMILES string of the molecule is COCCOCC(O)c1ccc(F)c(C(F)(F)F)c1. The minimum absolute atomic E-state index is 0.0499. The standard InChI is InChI=1S/C12H14F4O3/c1-18-4-5-19-7-11(17)8-2-3-10(13)9(6-8)12(14,15)16/h2-3,6,11,17H,4-5,7H2,1H3. The number of aliphatic hydroxyl groups is 1. The summed E-state index contributed by atoms with van der Waals surface area (Å²) in [5, 5.41) is 9.65. The number of rotatable bonds is 6. The van der Waals surface area contributed by atoms with Crippen molar-refractivity contribution in [3.63, 3.8) is 0 Å². The first-order chi connectivity index (χ1) is 8.86. The Hall–Kier alpha value is -1.18. The third kappa shape index (κ3) is 4.77. The van der Waals surface area contributed by atoms with Crippen LogP contribution in [-0.4, -0.2) is 32.0 Å². The molecule has 0 saturated heterocycles. The van der Waals surface area contributed by atoms with Crippen molar-refractivity contribution >= 4 is 0 Å². The summed E-state index contributed by atoms with van der Waals surface area (Å²) in [4.78, 5) is 0. The van der Waals surface area contributed by atoms with E-state index < -0.39 is 23.7 Å². The van der Waals surface area contributed by atoms with E-state index in [9.17, 15) is 22.7 Å². The van der Waals surface area contributed by atoms with Crippen LogP contribution in [0.2, 0.25) is 0 Å². The van der Waals surface area contributed by atoms with Crippen molar-refractivity contribution in [1.82, 2.24) is 0 Å². The molecule has 7 heteroatoms. The Bertz CT molecular complexity index is 406. The Morgan fingerprint density at radius 1 is 1.26 bits per heavy atom. The molecule has 0 radical (unpaired) electrons. The summed E-state index contributed by atoms with van der Waals surface area (Å²) >= 11 is 0. The molecule has 0 bridgehead atoms. The number of hydrogen-bond donors (Lipinski definition) is 1. The summed E-state index contributed by atoms with van der Waals surface area (Å²) in [6.07, 6.45) is -6.05. The Kier molecular flexibility index (Phi) is 5.71. The van der Waals surface area contributed by atoms with Crippen LogP contribution < -0.4 is 0 Å². The van der Waals surface area contributed by atoms with Crippen molar-refractivity contribution in [2.24, 2.45) is 0 Å². The van der Waals surface area contributed by atoms with Crippen molar-refractivity contribution < 1.29 is 32.1 Å². The zero-order valence-electron chi connectivity index (χ0n) is 10.2. The summed E-state index contributed by atoms with van der Waals surface area (Å²) in [7, 11) is 1.47. The largest absolute Gasteiger partial charge is 0.419 e. The molecule has 1 unspecified atom stereocenters. The molecule has 0 spiro atoms. The van der Waals surface area contributed by atoms with Gasteiger partial charge in [0.15, 0.2) is 0 Å². The van der Waals surface area contributed by atoms with Gasteiger partial charge < -0.3 is 14.6 Å². The second-order valence-corrected chi connectivity index (χ2v) is 3.82. The normalized spacial score (nSPS) is 13.6. The van der Waals surface area contributed by atoms with Crippen molar-refractivity contribution in [3.05, 3.63) is 35.1 Å². The Balaban J connectivity index is 2.73. The first-order valence-electron chi connectivity index (χ1n) is 5.47. The highest BCUT2D eigenvalue weighted by molar-refractivity contribution is 5.28. The molecule has 0 aliphatic carbocycles. The summed E-state index contributed by atoms with van der Waals surface area (Å²) in [6, 6.07) is 2.35. The molecule has 3 nitrogen and oxygen atoms in total. The molecule has 0 saturated carbocycles. The lowest BCUT2D eigenvalue weighted by molar-refractivity contribution is -0.140. The highest BCUT2D eigenvalue weighted by Gasteiger charge is 2.34. The van der Waals surface area contributed by atoms with Crippen molar-refractivity contribution in [1.29, 1.82) is 0 Å². The van der Waals surface area contributed by atoms with Gasteiger partial charge in [-0.2, -0.15) is 13.2 Å². The summed E-state index contributed by atoms with van der Waals surface area (Å²) in [5.41, 5.74) is -1.45. The van der Waals surface area contributed by atoms with Crippen LogP contribution in [-0.2, 0) is 15.7 Å². The molecule has 1 aromatic rings. The molecule has 1 rings (SSSR count). The van der Waals surface area contributed by atoms with Gasteiger partial charge in [-0.3, -0.25) is 0 Å². The molecule has 0 aromatic heterocycles. The fraction of sp³-hybridized carbons (Fsp3) is 0.500. The molecule has 0 heterocycles. The zero-order chi connectivity index (χ0) is 14.5. The summed E-state index contributed by atoms with van der Waals surface area (Å²) in [5.74, 6) is -1.37. The van der Waals surface area contributed by atoms with E-state index in [0.29, 0.717) is 18.7 Å². The Morgan fingerprint density at radius 2 is 1.95 bits per heavy atom.